The van der Waals surface area contributed by atoms with Crippen LogP contribution in [0.2, 0.25) is 5.02 Å². The molecule has 128 valence electrons. The number of carbonyl (C=O) groups is 1. The molecule has 2 N–H and O–H groups in total. The van der Waals surface area contributed by atoms with Crippen LogP contribution in [0.15, 0.2) is 52.1 Å². The van der Waals surface area contributed by atoms with E-state index in [2.05, 4.69) is 15.5 Å². The first-order valence-electron chi connectivity index (χ1n) is 7.33. The van der Waals surface area contributed by atoms with E-state index in [-0.39, 0.29) is 17.4 Å². The number of phenolic OH excluding ortho intramolecular Hbond substituents is 1. The number of benzene rings is 2. The molecule has 0 saturated heterocycles. The second-order valence-corrected chi connectivity index (χ2v) is 6.60. The molecule has 0 spiro atoms. The van der Waals surface area contributed by atoms with Crippen molar-refractivity contribution in [3.05, 3.63) is 53.1 Å². The van der Waals surface area contributed by atoms with E-state index in [9.17, 15) is 9.90 Å². The van der Waals surface area contributed by atoms with Crippen molar-refractivity contribution in [3.8, 4) is 17.2 Å². The van der Waals surface area contributed by atoms with Crippen LogP contribution in [0.3, 0.4) is 0 Å². The normalized spacial score (nSPS) is 10.6. The van der Waals surface area contributed by atoms with Gasteiger partial charge in [-0.1, -0.05) is 41.1 Å². The van der Waals surface area contributed by atoms with Crippen molar-refractivity contribution >= 4 is 35.0 Å². The summed E-state index contributed by atoms with van der Waals surface area (Å²) in [4.78, 5) is 12.0. The second kappa shape index (κ2) is 7.58. The molecule has 0 saturated carbocycles. The SMILES string of the molecule is Cc1cccc(-c2nnc(SCC(=O)Nc3ccc(Cl)cc3O)o2)c1. The van der Waals surface area contributed by atoms with E-state index in [1.54, 1.807) is 6.07 Å². The number of aryl methyl sites for hydroxylation is 1. The molecule has 0 aliphatic rings. The fourth-order valence-corrected chi connectivity index (χ4v) is 2.82. The summed E-state index contributed by atoms with van der Waals surface area (Å²) < 4.78 is 5.56. The van der Waals surface area contributed by atoms with E-state index < -0.39 is 0 Å². The van der Waals surface area contributed by atoms with Crippen LogP contribution in [0.4, 0.5) is 5.69 Å². The maximum Gasteiger partial charge on any atom is 0.277 e. The maximum absolute atomic E-state index is 12.0. The Hall–Kier alpha value is -2.51. The Bertz CT molecular complexity index is 914. The lowest BCUT2D eigenvalue weighted by atomic mass is 10.1. The summed E-state index contributed by atoms with van der Waals surface area (Å²) in [6, 6.07) is 12.2. The zero-order valence-electron chi connectivity index (χ0n) is 13.2. The maximum atomic E-state index is 12.0. The van der Waals surface area contributed by atoms with Crippen molar-refractivity contribution in [2.24, 2.45) is 0 Å². The fourth-order valence-electron chi connectivity index (χ4n) is 2.09. The Balaban J connectivity index is 1.59. The average Bonchev–Trinajstić information content (AvgIpc) is 3.05. The molecule has 3 aromatic rings. The monoisotopic (exact) mass is 375 g/mol. The van der Waals surface area contributed by atoms with Gasteiger partial charge in [0.2, 0.25) is 11.8 Å². The number of nitrogens with zero attached hydrogens (tertiary/aromatic N) is 2. The van der Waals surface area contributed by atoms with E-state index in [1.807, 2.05) is 31.2 Å². The topological polar surface area (TPSA) is 88.2 Å². The van der Waals surface area contributed by atoms with Crippen molar-refractivity contribution < 1.29 is 14.3 Å². The van der Waals surface area contributed by atoms with Crippen molar-refractivity contribution in [3.63, 3.8) is 0 Å². The highest BCUT2D eigenvalue weighted by Gasteiger charge is 2.12. The largest absolute Gasteiger partial charge is 0.506 e. The van der Waals surface area contributed by atoms with Gasteiger partial charge in [0.15, 0.2) is 0 Å². The van der Waals surface area contributed by atoms with E-state index in [0.717, 1.165) is 22.9 Å². The van der Waals surface area contributed by atoms with Crippen molar-refractivity contribution in [1.29, 1.82) is 0 Å². The number of aromatic hydroxyl groups is 1. The zero-order valence-corrected chi connectivity index (χ0v) is 14.8. The third-order valence-corrected chi connectivity index (χ3v) is 4.29. The Morgan fingerprint density at radius 3 is 2.88 bits per heavy atom. The van der Waals surface area contributed by atoms with Crippen molar-refractivity contribution in [1.82, 2.24) is 10.2 Å². The molecule has 25 heavy (non-hydrogen) atoms. The molecular weight excluding hydrogens is 362 g/mol. The smallest absolute Gasteiger partial charge is 0.277 e. The van der Waals surface area contributed by atoms with Gasteiger partial charge in [-0.25, -0.2) is 0 Å². The predicted octanol–water partition coefficient (Wildman–Crippen LogP) is 4.13. The number of nitrogens with one attached hydrogen (secondary N) is 1. The van der Waals surface area contributed by atoms with E-state index in [0.29, 0.717) is 21.8 Å². The molecule has 0 fully saturated rings. The van der Waals surface area contributed by atoms with Gasteiger partial charge >= 0.3 is 0 Å². The summed E-state index contributed by atoms with van der Waals surface area (Å²) in [6.45, 7) is 1.98. The quantitative estimate of drug-likeness (QED) is 0.514. The van der Waals surface area contributed by atoms with Gasteiger partial charge in [-0.15, -0.1) is 10.2 Å². The van der Waals surface area contributed by atoms with Gasteiger partial charge in [0.25, 0.3) is 5.22 Å². The summed E-state index contributed by atoms with van der Waals surface area (Å²) in [5.74, 6) is 0.0718. The molecule has 0 unspecified atom stereocenters. The number of aromatic nitrogens is 2. The number of hydrogen-bond donors (Lipinski definition) is 2. The van der Waals surface area contributed by atoms with E-state index in [1.165, 1.54) is 12.1 Å². The number of phenols is 1. The predicted molar refractivity (Wildman–Crippen MR) is 96.9 cm³/mol. The summed E-state index contributed by atoms with van der Waals surface area (Å²) in [5.41, 5.74) is 2.21. The standard InChI is InChI=1S/C17H14ClN3O3S/c1-10-3-2-4-11(7-10)16-20-21-17(24-16)25-9-15(23)19-13-6-5-12(18)8-14(13)22/h2-8,22H,9H2,1H3,(H,19,23). The van der Waals surface area contributed by atoms with Gasteiger partial charge in [-0.3, -0.25) is 4.79 Å². The molecule has 1 amide bonds. The summed E-state index contributed by atoms with van der Waals surface area (Å²) in [5, 5.41) is 20.9. The Kier molecular flexibility index (Phi) is 5.25. The average molecular weight is 376 g/mol. The highest BCUT2D eigenvalue weighted by molar-refractivity contribution is 7.99. The Morgan fingerprint density at radius 2 is 2.12 bits per heavy atom. The van der Waals surface area contributed by atoms with Gasteiger partial charge in [0.05, 0.1) is 11.4 Å². The van der Waals surface area contributed by atoms with Crippen LogP contribution in [0.1, 0.15) is 5.56 Å². The second-order valence-electron chi connectivity index (χ2n) is 5.24. The highest BCUT2D eigenvalue weighted by atomic mass is 35.5. The third kappa shape index (κ3) is 4.52. The highest BCUT2D eigenvalue weighted by Crippen LogP contribution is 2.27. The lowest BCUT2D eigenvalue weighted by Gasteiger charge is -2.06. The Morgan fingerprint density at radius 1 is 1.28 bits per heavy atom. The van der Waals surface area contributed by atoms with Crippen LogP contribution in [-0.2, 0) is 4.79 Å². The number of rotatable bonds is 5. The minimum absolute atomic E-state index is 0.0670. The molecule has 6 nitrogen and oxygen atoms in total. The molecule has 1 aromatic heterocycles. The summed E-state index contributed by atoms with van der Waals surface area (Å²) >= 11 is 6.87. The van der Waals surface area contributed by atoms with Gasteiger partial charge in [0, 0.05) is 16.7 Å². The first kappa shape index (κ1) is 17.3. The number of amides is 1. The van der Waals surface area contributed by atoms with Crippen molar-refractivity contribution in [2.45, 2.75) is 12.1 Å². The summed E-state index contributed by atoms with van der Waals surface area (Å²) in [7, 11) is 0. The fraction of sp³-hybridized carbons (Fsp3) is 0.118. The number of anilines is 1. The number of halogens is 1. The minimum Gasteiger partial charge on any atom is -0.506 e. The molecule has 2 aromatic carbocycles. The zero-order chi connectivity index (χ0) is 17.8. The van der Waals surface area contributed by atoms with Gasteiger partial charge in [-0.2, -0.15) is 0 Å². The van der Waals surface area contributed by atoms with Crippen molar-refractivity contribution in [2.75, 3.05) is 11.1 Å². The number of thioether (sulfide) groups is 1. The molecular formula is C17H14ClN3O3S. The number of hydrogen-bond acceptors (Lipinski definition) is 6. The minimum atomic E-state index is -0.307. The first-order chi connectivity index (χ1) is 12.0. The van der Waals surface area contributed by atoms with E-state index >= 15 is 0 Å². The lowest BCUT2D eigenvalue weighted by molar-refractivity contribution is -0.113. The van der Waals surface area contributed by atoms with Gasteiger partial charge < -0.3 is 14.8 Å². The molecule has 0 radical (unpaired) electrons. The van der Waals surface area contributed by atoms with Gasteiger partial charge in [0.1, 0.15) is 5.75 Å². The van der Waals surface area contributed by atoms with Crippen LogP contribution in [0.25, 0.3) is 11.5 Å². The third-order valence-electron chi connectivity index (χ3n) is 3.23. The van der Waals surface area contributed by atoms with Crippen LogP contribution >= 0.6 is 23.4 Å². The molecule has 0 bridgehead atoms. The van der Waals surface area contributed by atoms with Crippen LogP contribution in [-0.4, -0.2) is 27.0 Å². The molecule has 0 aliphatic carbocycles. The van der Waals surface area contributed by atoms with Crippen LogP contribution in [0.5, 0.6) is 5.75 Å². The molecule has 0 atom stereocenters. The molecule has 0 aliphatic heterocycles. The number of carbonyl (C=O) groups excluding carboxylic acids is 1. The first-order valence-corrected chi connectivity index (χ1v) is 8.69. The molecule has 1 heterocycles. The molecule has 3 rings (SSSR count). The van der Waals surface area contributed by atoms with E-state index in [4.69, 9.17) is 16.0 Å². The lowest BCUT2D eigenvalue weighted by Crippen LogP contribution is -2.14. The molecule has 8 heteroatoms. The van der Waals surface area contributed by atoms with Crippen LogP contribution < -0.4 is 5.32 Å². The summed E-state index contributed by atoms with van der Waals surface area (Å²) in [6.07, 6.45) is 0. The van der Waals surface area contributed by atoms with Gasteiger partial charge in [-0.05, 0) is 31.2 Å². The Labute approximate surface area is 153 Å². The van der Waals surface area contributed by atoms with Crippen LogP contribution in [0, 0.1) is 6.92 Å².